The quantitative estimate of drug-likeness (QED) is 0.478. The van der Waals surface area contributed by atoms with E-state index in [1.54, 1.807) is 12.1 Å². The molecule has 21 heavy (non-hydrogen) atoms. The van der Waals surface area contributed by atoms with Crippen LogP contribution in [-0.4, -0.2) is 30.2 Å². The van der Waals surface area contributed by atoms with Crippen LogP contribution in [0.25, 0.3) is 0 Å². The number of nitrogens with one attached hydrogen (secondary N) is 1. The van der Waals surface area contributed by atoms with Crippen LogP contribution in [0.3, 0.4) is 0 Å². The van der Waals surface area contributed by atoms with Gasteiger partial charge < -0.3 is 15.8 Å². The Morgan fingerprint density at radius 3 is 2.76 bits per heavy atom. The lowest BCUT2D eigenvalue weighted by Gasteiger charge is -2.26. The summed E-state index contributed by atoms with van der Waals surface area (Å²) < 4.78 is 5.76. The van der Waals surface area contributed by atoms with Gasteiger partial charge in [-0.25, -0.2) is 0 Å². The van der Waals surface area contributed by atoms with Gasteiger partial charge in [-0.05, 0) is 37.8 Å². The highest BCUT2D eigenvalue weighted by atomic mass is 35.5. The molecule has 2 rings (SSSR count). The second-order valence-electron chi connectivity index (χ2n) is 5.23. The highest BCUT2D eigenvalue weighted by Gasteiger charge is 2.20. The molecule has 6 nitrogen and oxygen atoms in total. The summed E-state index contributed by atoms with van der Waals surface area (Å²) in [6.07, 6.45) is 4.22. The van der Waals surface area contributed by atoms with Crippen molar-refractivity contribution in [3.05, 3.63) is 33.3 Å². The molecule has 1 aliphatic carbocycles. The van der Waals surface area contributed by atoms with E-state index in [0.29, 0.717) is 24.9 Å². The summed E-state index contributed by atoms with van der Waals surface area (Å²) in [7, 11) is 0. The van der Waals surface area contributed by atoms with Crippen LogP contribution >= 0.6 is 11.6 Å². The van der Waals surface area contributed by atoms with Crippen molar-refractivity contribution in [2.75, 3.05) is 18.5 Å². The van der Waals surface area contributed by atoms with E-state index in [-0.39, 0.29) is 16.8 Å². The maximum absolute atomic E-state index is 11.0. The molecule has 1 aromatic carbocycles. The first-order chi connectivity index (χ1) is 10.1. The minimum atomic E-state index is -0.478. The Hall–Kier alpha value is -1.37. The van der Waals surface area contributed by atoms with Crippen LogP contribution < -0.4 is 11.1 Å². The van der Waals surface area contributed by atoms with E-state index < -0.39 is 4.92 Å². The van der Waals surface area contributed by atoms with Crippen LogP contribution in [0.1, 0.15) is 25.7 Å². The Kier molecular flexibility index (Phi) is 5.78. The van der Waals surface area contributed by atoms with Crippen LogP contribution in [0.15, 0.2) is 18.2 Å². The number of anilines is 1. The standard InChI is InChI=1S/C14H20ClN3O3/c15-12-2-1-3-13(14(12)18(19)20)17-8-9-21-11-6-4-10(16)5-7-11/h1-3,10-11,17H,4-9,16H2. The van der Waals surface area contributed by atoms with Crippen LogP contribution in [0, 0.1) is 10.1 Å². The Morgan fingerprint density at radius 2 is 2.10 bits per heavy atom. The third kappa shape index (κ3) is 4.56. The molecule has 1 aliphatic rings. The summed E-state index contributed by atoms with van der Waals surface area (Å²) in [6, 6.07) is 5.13. The topological polar surface area (TPSA) is 90.4 Å². The molecular formula is C14H20ClN3O3. The van der Waals surface area contributed by atoms with E-state index in [2.05, 4.69) is 5.32 Å². The van der Waals surface area contributed by atoms with Crippen molar-refractivity contribution < 1.29 is 9.66 Å². The minimum Gasteiger partial charge on any atom is -0.377 e. The van der Waals surface area contributed by atoms with Crippen molar-refractivity contribution in [1.29, 1.82) is 0 Å². The Labute approximate surface area is 128 Å². The molecule has 7 heteroatoms. The maximum Gasteiger partial charge on any atom is 0.310 e. The molecule has 0 atom stereocenters. The van der Waals surface area contributed by atoms with Gasteiger partial charge in [0, 0.05) is 12.6 Å². The van der Waals surface area contributed by atoms with Crippen LogP contribution in [0.2, 0.25) is 5.02 Å². The molecule has 0 spiro atoms. The number of nitro benzene ring substituents is 1. The third-order valence-corrected chi connectivity index (χ3v) is 3.96. The summed E-state index contributed by atoms with van der Waals surface area (Å²) in [4.78, 5) is 10.5. The number of nitrogens with two attached hydrogens (primary N) is 1. The molecular weight excluding hydrogens is 294 g/mol. The summed E-state index contributed by atoms with van der Waals surface area (Å²) in [5.74, 6) is 0. The average Bonchev–Trinajstić information content (AvgIpc) is 2.45. The van der Waals surface area contributed by atoms with Crippen molar-refractivity contribution in [3.63, 3.8) is 0 Å². The average molecular weight is 314 g/mol. The largest absolute Gasteiger partial charge is 0.377 e. The number of halogens is 1. The van der Waals surface area contributed by atoms with Crippen LogP contribution in [-0.2, 0) is 4.74 Å². The number of ether oxygens (including phenoxy) is 1. The fourth-order valence-electron chi connectivity index (χ4n) is 2.51. The lowest BCUT2D eigenvalue weighted by atomic mass is 9.94. The number of nitrogens with zero attached hydrogens (tertiary/aromatic N) is 1. The lowest BCUT2D eigenvalue weighted by Crippen LogP contribution is -2.31. The molecule has 3 N–H and O–H groups in total. The molecule has 0 saturated heterocycles. The van der Waals surface area contributed by atoms with Gasteiger partial charge in [-0.15, -0.1) is 0 Å². The zero-order valence-electron chi connectivity index (χ0n) is 11.8. The van der Waals surface area contributed by atoms with E-state index in [1.165, 1.54) is 6.07 Å². The molecule has 0 aliphatic heterocycles. The van der Waals surface area contributed by atoms with Gasteiger partial charge in [0.2, 0.25) is 0 Å². The summed E-state index contributed by atoms with van der Waals surface area (Å²) in [5, 5.41) is 14.1. The van der Waals surface area contributed by atoms with Crippen LogP contribution in [0.5, 0.6) is 0 Å². The van der Waals surface area contributed by atoms with Crippen molar-refractivity contribution in [2.24, 2.45) is 5.73 Å². The number of rotatable bonds is 6. The van der Waals surface area contributed by atoms with Crippen molar-refractivity contribution >= 4 is 23.0 Å². The molecule has 116 valence electrons. The Bertz CT molecular complexity index is 490. The van der Waals surface area contributed by atoms with Gasteiger partial charge in [0.05, 0.1) is 17.6 Å². The first-order valence-corrected chi connectivity index (χ1v) is 7.49. The monoisotopic (exact) mass is 313 g/mol. The first kappa shape index (κ1) is 16.0. The molecule has 0 radical (unpaired) electrons. The highest BCUT2D eigenvalue weighted by molar-refractivity contribution is 6.33. The molecule has 0 amide bonds. The van der Waals surface area contributed by atoms with E-state index >= 15 is 0 Å². The minimum absolute atomic E-state index is 0.0946. The van der Waals surface area contributed by atoms with Gasteiger partial charge in [0.15, 0.2) is 0 Å². The normalized spacial score (nSPS) is 22.0. The predicted octanol–water partition coefficient (Wildman–Crippen LogP) is 2.95. The van der Waals surface area contributed by atoms with Gasteiger partial charge >= 0.3 is 5.69 Å². The maximum atomic E-state index is 11.0. The van der Waals surface area contributed by atoms with Crippen molar-refractivity contribution in [3.8, 4) is 0 Å². The van der Waals surface area contributed by atoms with E-state index in [1.807, 2.05) is 0 Å². The summed E-state index contributed by atoms with van der Waals surface area (Å²) >= 11 is 5.85. The summed E-state index contributed by atoms with van der Waals surface area (Å²) in [5.41, 5.74) is 6.17. The lowest BCUT2D eigenvalue weighted by molar-refractivity contribution is -0.383. The van der Waals surface area contributed by atoms with E-state index in [0.717, 1.165) is 25.7 Å². The zero-order chi connectivity index (χ0) is 15.2. The SMILES string of the molecule is NC1CCC(OCCNc2cccc(Cl)c2[N+](=O)[O-])CC1. The Balaban J connectivity index is 1.79. The van der Waals surface area contributed by atoms with Crippen molar-refractivity contribution in [2.45, 2.75) is 37.8 Å². The number of hydrogen-bond acceptors (Lipinski definition) is 5. The zero-order valence-corrected chi connectivity index (χ0v) is 12.5. The fourth-order valence-corrected chi connectivity index (χ4v) is 2.75. The van der Waals surface area contributed by atoms with Gasteiger partial charge in [0.25, 0.3) is 0 Å². The first-order valence-electron chi connectivity index (χ1n) is 7.12. The molecule has 0 unspecified atom stereocenters. The Morgan fingerprint density at radius 1 is 1.38 bits per heavy atom. The molecule has 0 heterocycles. The van der Waals surface area contributed by atoms with Gasteiger partial charge in [-0.1, -0.05) is 17.7 Å². The second-order valence-corrected chi connectivity index (χ2v) is 5.63. The van der Waals surface area contributed by atoms with E-state index in [4.69, 9.17) is 22.1 Å². The van der Waals surface area contributed by atoms with Crippen LogP contribution in [0.4, 0.5) is 11.4 Å². The highest BCUT2D eigenvalue weighted by Crippen LogP contribution is 2.32. The molecule has 1 saturated carbocycles. The van der Waals surface area contributed by atoms with Gasteiger partial charge in [0.1, 0.15) is 10.7 Å². The third-order valence-electron chi connectivity index (χ3n) is 3.66. The fraction of sp³-hybridized carbons (Fsp3) is 0.571. The second kappa shape index (κ2) is 7.59. The van der Waals surface area contributed by atoms with Gasteiger partial charge in [-0.3, -0.25) is 10.1 Å². The number of benzene rings is 1. The molecule has 1 aromatic rings. The smallest absolute Gasteiger partial charge is 0.310 e. The number of para-hydroxylation sites is 1. The van der Waals surface area contributed by atoms with Crippen molar-refractivity contribution in [1.82, 2.24) is 0 Å². The molecule has 0 bridgehead atoms. The molecule has 0 aromatic heterocycles. The number of hydrogen-bond donors (Lipinski definition) is 2. The number of nitro groups is 1. The molecule has 1 fully saturated rings. The van der Waals surface area contributed by atoms with E-state index in [9.17, 15) is 10.1 Å². The predicted molar refractivity (Wildman–Crippen MR) is 82.8 cm³/mol. The summed E-state index contributed by atoms with van der Waals surface area (Å²) in [6.45, 7) is 1.01. The van der Waals surface area contributed by atoms with Gasteiger partial charge in [-0.2, -0.15) is 0 Å².